The topological polar surface area (TPSA) is 49.4 Å². The third-order valence-corrected chi connectivity index (χ3v) is 2.86. The maximum atomic E-state index is 12.9. The summed E-state index contributed by atoms with van der Waals surface area (Å²) in [4.78, 5) is 24.7. The monoisotopic (exact) mass is 280 g/mol. The Morgan fingerprint density at radius 1 is 1.25 bits per heavy atom. The fourth-order valence-electron chi connectivity index (χ4n) is 1.71. The molecule has 0 atom stereocenters. The second kappa shape index (κ2) is 7.62. The summed E-state index contributed by atoms with van der Waals surface area (Å²) in [5.74, 6) is -0.337. The van der Waals surface area contributed by atoms with Gasteiger partial charge in [0.05, 0.1) is 0 Å². The number of anilines is 1. The van der Waals surface area contributed by atoms with Crippen molar-refractivity contribution in [2.24, 2.45) is 5.92 Å². The van der Waals surface area contributed by atoms with E-state index in [-0.39, 0.29) is 24.2 Å². The molecule has 20 heavy (non-hydrogen) atoms. The Kier molecular flexibility index (Phi) is 6.15. The third kappa shape index (κ3) is 5.38. The van der Waals surface area contributed by atoms with E-state index in [1.165, 1.54) is 36.1 Å². The number of hydrogen-bond acceptors (Lipinski definition) is 2. The van der Waals surface area contributed by atoms with Crippen LogP contribution in [-0.2, 0) is 9.59 Å². The minimum Gasteiger partial charge on any atom is -0.355 e. The van der Waals surface area contributed by atoms with Crippen LogP contribution in [0.15, 0.2) is 24.3 Å². The summed E-state index contributed by atoms with van der Waals surface area (Å²) in [6.07, 6.45) is 0.891. The lowest BCUT2D eigenvalue weighted by Gasteiger charge is -2.20. The number of amides is 2. The van der Waals surface area contributed by atoms with Gasteiger partial charge in [-0.3, -0.25) is 9.59 Å². The van der Waals surface area contributed by atoms with Gasteiger partial charge >= 0.3 is 0 Å². The highest BCUT2D eigenvalue weighted by atomic mass is 19.1. The summed E-state index contributed by atoms with van der Waals surface area (Å²) < 4.78 is 12.9. The summed E-state index contributed by atoms with van der Waals surface area (Å²) in [7, 11) is 0. The lowest BCUT2D eigenvalue weighted by Crippen LogP contribution is -2.40. The van der Waals surface area contributed by atoms with E-state index < -0.39 is 0 Å². The molecular formula is C15H21FN2O2. The molecule has 0 aliphatic rings. The Morgan fingerprint density at radius 2 is 1.85 bits per heavy atom. The van der Waals surface area contributed by atoms with Crippen LogP contribution < -0.4 is 10.2 Å². The molecule has 0 spiro atoms. The molecule has 2 amide bonds. The molecule has 0 radical (unpaired) electrons. The van der Waals surface area contributed by atoms with Crippen LogP contribution in [0.25, 0.3) is 0 Å². The Morgan fingerprint density at radius 3 is 2.35 bits per heavy atom. The molecule has 0 saturated heterocycles. The van der Waals surface area contributed by atoms with Gasteiger partial charge in [0.25, 0.3) is 0 Å². The fourth-order valence-corrected chi connectivity index (χ4v) is 1.71. The Labute approximate surface area is 119 Å². The van der Waals surface area contributed by atoms with E-state index in [1.54, 1.807) is 0 Å². The van der Waals surface area contributed by atoms with Gasteiger partial charge in [-0.1, -0.05) is 13.8 Å². The van der Waals surface area contributed by atoms with Crippen molar-refractivity contribution in [1.29, 1.82) is 0 Å². The summed E-state index contributed by atoms with van der Waals surface area (Å²) in [5.41, 5.74) is 0.512. The van der Waals surface area contributed by atoms with Crippen molar-refractivity contribution in [2.45, 2.75) is 27.2 Å². The first-order chi connectivity index (χ1) is 9.40. The molecule has 4 nitrogen and oxygen atoms in total. The van der Waals surface area contributed by atoms with E-state index in [1.807, 2.05) is 0 Å². The molecule has 0 fully saturated rings. The predicted octanol–water partition coefficient (Wildman–Crippen LogP) is 2.34. The van der Waals surface area contributed by atoms with Crippen molar-refractivity contribution in [2.75, 3.05) is 18.0 Å². The molecule has 1 rings (SSSR count). The minimum atomic E-state index is -0.376. The van der Waals surface area contributed by atoms with Crippen molar-refractivity contribution < 1.29 is 14.0 Å². The standard InChI is InChI=1S/C15H21FN2O2/c1-11(2)8-9-17-15(20)10-18(12(3)19)14-6-4-13(16)5-7-14/h4-7,11H,8-10H2,1-3H3,(H,17,20). The average molecular weight is 280 g/mol. The molecular weight excluding hydrogens is 259 g/mol. The van der Waals surface area contributed by atoms with Crippen LogP contribution in [0.4, 0.5) is 10.1 Å². The second-order valence-electron chi connectivity index (χ2n) is 5.11. The van der Waals surface area contributed by atoms with Crippen molar-refractivity contribution in [3.63, 3.8) is 0 Å². The zero-order valence-corrected chi connectivity index (χ0v) is 12.1. The van der Waals surface area contributed by atoms with Gasteiger partial charge < -0.3 is 10.2 Å². The van der Waals surface area contributed by atoms with E-state index in [0.29, 0.717) is 18.2 Å². The van der Waals surface area contributed by atoms with Gasteiger partial charge in [0.1, 0.15) is 12.4 Å². The molecule has 110 valence electrons. The van der Waals surface area contributed by atoms with Crippen LogP contribution in [-0.4, -0.2) is 24.9 Å². The van der Waals surface area contributed by atoms with Gasteiger partial charge in [0.15, 0.2) is 0 Å². The van der Waals surface area contributed by atoms with E-state index in [0.717, 1.165) is 6.42 Å². The van der Waals surface area contributed by atoms with Crippen LogP contribution in [0.3, 0.4) is 0 Å². The fraction of sp³-hybridized carbons (Fsp3) is 0.467. The first-order valence-electron chi connectivity index (χ1n) is 6.70. The summed E-state index contributed by atoms with van der Waals surface area (Å²) >= 11 is 0. The molecule has 1 aromatic carbocycles. The molecule has 0 aromatic heterocycles. The Balaban J connectivity index is 2.61. The van der Waals surface area contributed by atoms with Crippen molar-refractivity contribution in [3.05, 3.63) is 30.1 Å². The summed E-state index contributed by atoms with van der Waals surface area (Å²) in [6.45, 7) is 6.06. The van der Waals surface area contributed by atoms with Crippen LogP contribution in [0.1, 0.15) is 27.2 Å². The number of halogens is 1. The molecule has 0 unspecified atom stereocenters. The van der Waals surface area contributed by atoms with Crippen LogP contribution in [0.5, 0.6) is 0 Å². The first-order valence-corrected chi connectivity index (χ1v) is 6.70. The van der Waals surface area contributed by atoms with Crippen molar-refractivity contribution in [1.82, 2.24) is 5.32 Å². The molecule has 0 aliphatic heterocycles. The molecule has 0 saturated carbocycles. The Bertz CT molecular complexity index is 457. The molecule has 5 heteroatoms. The smallest absolute Gasteiger partial charge is 0.240 e. The highest BCUT2D eigenvalue weighted by Gasteiger charge is 2.15. The molecule has 1 N–H and O–H groups in total. The maximum Gasteiger partial charge on any atom is 0.240 e. The van der Waals surface area contributed by atoms with Crippen molar-refractivity contribution >= 4 is 17.5 Å². The molecule has 0 heterocycles. The molecule has 0 bridgehead atoms. The SMILES string of the molecule is CC(=O)N(CC(=O)NCCC(C)C)c1ccc(F)cc1. The normalized spacial score (nSPS) is 10.4. The van der Waals surface area contributed by atoms with Crippen LogP contribution in [0, 0.1) is 11.7 Å². The lowest BCUT2D eigenvalue weighted by atomic mass is 10.1. The highest BCUT2D eigenvalue weighted by molar-refractivity contribution is 5.97. The number of carbonyl (C=O) groups excluding carboxylic acids is 2. The zero-order valence-electron chi connectivity index (χ0n) is 12.1. The quantitative estimate of drug-likeness (QED) is 0.869. The van der Waals surface area contributed by atoms with Gasteiger partial charge in [-0.05, 0) is 36.6 Å². The maximum absolute atomic E-state index is 12.9. The van der Waals surface area contributed by atoms with Gasteiger partial charge in [-0.2, -0.15) is 0 Å². The van der Waals surface area contributed by atoms with Crippen molar-refractivity contribution in [3.8, 4) is 0 Å². The predicted molar refractivity (Wildman–Crippen MR) is 76.9 cm³/mol. The number of nitrogens with zero attached hydrogens (tertiary/aromatic N) is 1. The first kappa shape index (κ1) is 16.1. The lowest BCUT2D eigenvalue weighted by molar-refractivity contribution is -0.123. The second-order valence-corrected chi connectivity index (χ2v) is 5.11. The summed E-state index contributed by atoms with van der Waals surface area (Å²) in [6, 6.07) is 5.50. The number of rotatable bonds is 6. The van der Waals surface area contributed by atoms with E-state index >= 15 is 0 Å². The minimum absolute atomic E-state index is 0.0565. The zero-order chi connectivity index (χ0) is 15.1. The van der Waals surface area contributed by atoms with Gasteiger partial charge in [0.2, 0.25) is 11.8 Å². The van der Waals surface area contributed by atoms with Crippen LogP contribution >= 0.6 is 0 Å². The number of hydrogen-bond donors (Lipinski definition) is 1. The third-order valence-electron chi connectivity index (χ3n) is 2.86. The van der Waals surface area contributed by atoms with E-state index in [9.17, 15) is 14.0 Å². The highest BCUT2D eigenvalue weighted by Crippen LogP contribution is 2.14. The number of carbonyl (C=O) groups is 2. The van der Waals surface area contributed by atoms with E-state index in [2.05, 4.69) is 19.2 Å². The van der Waals surface area contributed by atoms with Gasteiger partial charge in [0, 0.05) is 19.2 Å². The van der Waals surface area contributed by atoms with E-state index in [4.69, 9.17) is 0 Å². The Hall–Kier alpha value is -1.91. The number of nitrogens with one attached hydrogen (secondary N) is 1. The van der Waals surface area contributed by atoms with Gasteiger partial charge in [-0.25, -0.2) is 4.39 Å². The summed E-state index contributed by atoms with van der Waals surface area (Å²) in [5, 5.41) is 2.77. The largest absolute Gasteiger partial charge is 0.355 e. The number of benzene rings is 1. The molecule has 0 aliphatic carbocycles. The average Bonchev–Trinajstić information content (AvgIpc) is 2.36. The van der Waals surface area contributed by atoms with Gasteiger partial charge in [-0.15, -0.1) is 0 Å². The molecule has 1 aromatic rings. The van der Waals surface area contributed by atoms with Crippen LogP contribution in [0.2, 0.25) is 0 Å².